The number of rotatable bonds is 3. The van der Waals surface area contributed by atoms with Gasteiger partial charge in [-0.15, -0.1) is 0 Å². The smallest absolute Gasteiger partial charge is 0.320 e. The first-order valence-corrected chi connectivity index (χ1v) is 6.66. The number of hydrogen-bond acceptors (Lipinski definition) is 3. The van der Waals surface area contributed by atoms with Crippen LogP contribution in [0.1, 0.15) is 31.4 Å². The molecule has 1 fully saturated rings. The van der Waals surface area contributed by atoms with Crippen LogP contribution in [0.4, 0.5) is 0 Å². The minimum absolute atomic E-state index is 0.380. The predicted molar refractivity (Wildman–Crippen MR) is 66.7 cm³/mol. The van der Waals surface area contributed by atoms with E-state index in [2.05, 4.69) is 15.9 Å². The Morgan fingerprint density at radius 3 is 3.00 bits per heavy atom. The third kappa shape index (κ3) is 3.10. The standard InChI is InChI=1S/C12H16BrNO3/c13-9-5-7-17-11(9)8-14-6-3-1-2-4-10(14)12(15)16/h5,7,10H,1-4,6,8H2,(H,15,16). The highest BCUT2D eigenvalue weighted by Gasteiger charge is 2.28. The molecule has 1 saturated heterocycles. The van der Waals surface area contributed by atoms with E-state index in [-0.39, 0.29) is 6.04 Å². The molecule has 0 aromatic carbocycles. The van der Waals surface area contributed by atoms with Gasteiger partial charge < -0.3 is 9.52 Å². The van der Waals surface area contributed by atoms with Gasteiger partial charge in [0.2, 0.25) is 0 Å². The first-order valence-electron chi connectivity index (χ1n) is 5.87. The molecule has 0 aliphatic carbocycles. The summed E-state index contributed by atoms with van der Waals surface area (Å²) in [6.07, 6.45) is 5.51. The second kappa shape index (κ2) is 5.69. The molecule has 1 aliphatic rings. The predicted octanol–water partition coefficient (Wildman–Crippen LogP) is 2.87. The van der Waals surface area contributed by atoms with E-state index in [9.17, 15) is 9.90 Å². The number of carbonyl (C=O) groups is 1. The number of hydrogen-bond donors (Lipinski definition) is 1. The van der Waals surface area contributed by atoms with Crippen LogP contribution < -0.4 is 0 Å². The summed E-state index contributed by atoms with van der Waals surface area (Å²) in [7, 11) is 0. The van der Waals surface area contributed by atoms with Crippen LogP contribution in [0.5, 0.6) is 0 Å². The van der Waals surface area contributed by atoms with Gasteiger partial charge in [-0.3, -0.25) is 9.69 Å². The molecule has 4 nitrogen and oxygen atoms in total. The molecule has 1 unspecified atom stereocenters. The van der Waals surface area contributed by atoms with E-state index in [0.29, 0.717) is 6.54 Å². The lowest BCUT2D eigenvalue weighted by Gasteiger charge is -2.25. The Kier molecular flexibility index (Phi) is 4.23. The second-order valence-electron chi connectivity index (χ2n) is 4.37. The summed E-state index contributed by atoms with van der Waals surface area (Å²) in [6, 6.07) is 1.46. The van der Waals surface area contributed by atoms with Gasteiger partial charge in [0.05, 0.1) is 17.3 Å². The molecule has 1 aliphatic heterocycles. The lowest BCUT2D eigenvalue weighted by atomic mass is 10.1. The van der Waals surface area contributed by atoms with Crippen molar-refractivity contribution in [3.05, 3.63) is 22.6 Å². The van der Waals surface area contributed by atoms with Gasteiger partial charge in [0.25, 0.3) is 0 Å². The third-order valence-corrected chi connectivity index (χ3v) is 3.89. The summed E-state index contributed by atoms with van der Waals surface area (Å²) in [5, 5.41) is 9.25. The summed E-state index contributed by atoms with van der Waals surface area (Å²) >= 11 is 3.40. The van der Waals surface area contributed by atoms with E-state index < -0.39 is 5.97 Å². The number of carboxylic acid groups (broad SMARTS) is 1. The van der Waals surface area contributed by atoms with Crippen molar-refractivity contribution in [1.29, 1.82) is 0 Å². The molecule has 0 radical (unpaired) electrons. The molecule has 1 aromatic heterocycles. The molecule has 2 rings (SSSR count). The third-order valence-electron chi connectivity index (χ3n) is 3.19. The molecule has 0 spiro atoms. The van der Waals surface area contributed by atoms with Crippen molar-refractivity contribution in [3.8, 4) is 0 Å². The van der Waals surface area contributed by atoms with Gasteiger partial charge in [-0.25, -0.2) is 0 Å². The SMILES string of the molecule is O=C(O)C1CCCCCN1Cc1occc1Br. The zero-order valence-electron chi connectivity index (χ0n) is 9.56. The van der Waals surface area contributed by atoms with E-state index in [1.807, 2.05) is 11.0 Å². The van der Waals surface area contributed by atoms with E-state index in [4.69, 9.17) is 4.42 Å². The van der Waals surface area contributed by atoms with Crippen molar-refractivity contribution in [2.45, 2.75) is 38.3 Å². The number of furan rings is 1. The van der Waals surface area contributed by atoms with Gasteiger partial charge in [-0.2, -0.15) is 0 Å². The summed E-state index contributed by atoms with van der Waals surface area (Å²) in [4.78, 5) is 13.2. The summed E-state index contributed by atoms with van der Waals surface area (Å²) in [5.41, 5.74) is 0. The van der Waals surface area contributed by atoms with Gasteiger partial charge in [0, 0.05) is 0 Å². The van der Waals surface area contributed by atoms with Crippen molar-refractivity contribution in [2.24, 2.45) is 0 Å². The van der Waals surface area contributed by atoms with Crippen molar-refractivity contribution in [3.63, 3.8) is 0 Å². The van der Waals surface area contributed by atoms with Crippen LogP contribution in [0, 0.1) is 0 Å². The maximum Gasteiger partial charge on any atom is 0.320 e. The fraction of sp³-hybridized carbons (Fsp3) is 0.583. The average molecular weight is 302 g/mol. The zero-order chi connectivity index (χ0) is 12.3. The number of carboxylic acids is 1. The van der Waals surface area contributed by atoms with Gasteiger partial charge in [-0.05, 0) is 41.4 Å². The second-order valence-corrected chi connectivity index (χ2v) is 5.22. The van der Waals surface area contributed by atoms with Crippen molar-refractivity contribution >= 4 is 21.9 Å². The molecule has 17 heavy (non-hydrogen) atoms. The average Bonchev–Trinajstić information content (AvgIpc) is 2.55. The molecular weight excluding hydrogens is 286 g/mol. The molecule has 94 valence electrons. The number of likely N-dealkylation sites (tertiary alicyclic amines) is 1. The fourth-order valence-electron chi connectivity index (χ4n) is 2.26. The normalized spacial score (nSPS) is 22.3. The van der Waals surface area contributed by atoms with E-state index >= 15 is 0 Å². The lowest BCUT2D eigenvalue weighted by Crippen LogP contribution is -2.40. The molecule has 0 bridgehead atoms. The maximum atomic E-state index is 11.2. The largest absolute Gasteiger partial charge is 0.480 e. The van der Waals surface area contributed by atoms with Crippen LogP contribution >= 0.6 is 15.9 Å². The Hall–Kier alpha value is -0.810. The molecule has 1 atom stereocenters. The van der Waals surface area contributed by atoms with Gasteiger partial charge in [0.1, 0.15) is 11.8 Å². The fourth-order valence-corrected chi connectivity index (χ4v) is 2.59. The monoisotopic (exact) mass is 301 g/mol. The number of aliphatic carboxylic acids is 1. The summed E-state index contributed by atoms with van der Waals surface area (Å²) in [5.74, 6) is 0.0766. The highest BCUT2D eigenvalue weighted by molar-refractivity contribution is 9.10. The molecule has 1 aromatic rings. The molecule has 5 heteroatoms. The molecule has 0 amide bonds. The van der Waals surface area contributed by atoms with Crippen LogP contribution in [0.3, 0.4) is 0 Å². The first kappa shape index (κ1) is 12.6. The Balaban J connectivity index is 2.10. The van der Waals surface area contributed by atoms with Crippen LogP contribution in [0.2, 0.25) is 0 Å². The highest BCUT2D eigenvalue weighted by Crippen LogP contribution is 2.24. The lowest BCUT2D eigenvalue weighted by molar-refractivity contribution is -0.143. The quantitative estimate of drug-likeness (QED) is 0.933. The Morgan fingerprint density at radius 2 is 2.35 bits per heavy atom. The van der Waals surface area contributed by atoms with E-state index in [1.54, 1.807) is 6.26 Å². The topological polar surface area (TPSA) is 53.7 Å². The van der Waals surface area contributed by atoms with Crippen LogP contribution in [-0.2, 0) is 11.3 Å². The highest BCUT2D eigenvalue weighted by atomic mass is 79.9. The van der Waals surface area contributed by atoms with Crippen LogP contribution in [-0.4, -0.2) is 28.6 Å². The Bertz CT molecular complexity index is 391. The van der Waals surface area contributed by atoms with Gasteiger partial charge >= 0.3 is 5.97 Å². The minimum atomic E-state index is -0.727. The summed E-state index contributed by atoms with van der Waals surface area (Å²) < 4.78 is 6.26. The first-order chi connectivity index (χ1) is 8.18. The zero-order valence-corrected chi connectivity index (χ0v) is 11.1. The van der Waals surface area contributed by atoms with E-state index in [0.717, 1.165) is 42.5 Å². The van der Waals surface area contributed by atoms with Gasteiger partial charge in [-0.1, -0.05) is 12.8 Å². The van der Waals surface area contributed by atoms with Crippen molar-refractivity contribution in [2.75, 3.05) is 6.54 Å². The maximum absolute atomic E-state index is 11.2. The Labute approximate surface area is 109 Å². The molecular formula is C12H16BrNO3. The van der Waals surface area contributed by atoms with Gasteiger partial charge in [0.15, 0.2) is 0 Å². The number of halogens is 1. The molecule has 0 saturated carbocycles. The Morgan fingerprint density at radius 1 is 1.53 bits per heavy atom. The van der Waals surface area contributed by atoms with Crippen molar-refractivity contribution < 1.29 is 14.3 Å². The van der Waals surface area contributed by atoms with Crippen LogP contribution in [0.15, 0.2) is 21.2 Å². The van der Waals surface area contributed by atoms with Crippen LogP contribution in [0.25, 0.3) is 0 Å². The van der Waals surface area contributed by atoms with E-state index in [1.165, 1.54) is 0 Å². The van der Waals surface area contributed by atoms with Crippen molar-refractivity contribution in [1.82, 2.24) is 4.90 Å². The number of nitrogens with zero attached hydrogens (tertiary/aromatic N) is 1. The molecule has 2 heterocycles. The molecule has 1 N–H and O–H groups in total. The minimum Gasteiger partial charge on any atom is -0.480 e. The summed E-state index contributed by atoms with van der Waals surface area (Å²) in [6.45, 7) is 1.38.